The van der Waals surface area contributed by atoms with E-state index in [9.17, 15) is 18.4 Å². The van der Waals surface area contributed by atoms with Gasteiger partial charge in [-0.2, -0.15) is 0 Å². The smallest absolute Gasteiger partial charge is 0.268 e. The van der Waals surface area contributed by atoms with Gasteiger partial charge in [0.05, 0.1) is 0 Å². The standard InChI is InChI=1S/C18H16BrF2NO3.C5H6.C2H6O/c1-12-9-16(25-11-13-5-6-14(20)10-15(13)21)17(19)18(24)22(12)7-3-2-4-8-23;1-3-5-4-2;1-3-2/h2,4-6,8-10H,3,7,11H2,1H3;3H,1H2,2H3;1-2H3/b4-2+;;. The third kappa shape index (κ3) is 11.4. The van der Waals surface area contributed by atoms with Crippen LogP contribution in [0.25, 0.3) is 0 Å². The molecule has 0 unspecified atom stereocenters. The Kier molecular flexibility index (Phi) is 15.9. The van der Waals surface area contributed by atoms with Crippen LogP contribution in [0.3, 0.4) is 0 Å². The summed E-state index contributed by atoms with van der Waals surface area (Å²) in [5.74, 6) is 4.19. The van der Waals surface area contributed by atoms with E-state index >= 15 is 0 Å². The molecule has 0 atom stereocenters. The van der Waals surface area contributed by atoms with Crippen molar-refractivity contribution in [3.05, 3.63) is 86.8 Å². The van der Waals surface area contributed by atoms with Crippen LogP contribution in [0.15, 0.2) is 58.3 Å². The number of allylic oxidation sites excluding steroid dienone is 3. The summed E-state index contributed by atoms with van der Waals surface area (Å²) in [5.41, 5.74) is 0.575. The van der Waals surface area contributed by atoms with Gasteiger partial charge >= 0.3 is 0 Å². The first kappa shape index (κ1) is 30.0. The Morgan fingerprint density at radius 2 is 1.91 bits per heavy atom. The number of rotatable bonds is 7. The fraction of sp³-hybridized carbons (Fsp3) is 0.280. The minimum Gasteiger partial charge on any atom is -0.487 e. The van der Waals surface area contributed by atoms with Gasteiger partial charge < -0.3 is 14.0 Å². The molecule has 1 heterocycles. The number of aldehydes is 1. The zero-order valence-electron chi connectivity index (χ0n) is 19.2. The lowest BCUT2D eigenvalue weighted by Crippen LogP contribution is -2.23. The number of carbonyl (C=O) groups is 1. The van der Waals surface area contributed by atoms with Crippen LogP contribution in [0.2, 0.25) is 0 Å². The number of ether oxygens (including phenoxy) is 2. The largest absolute Gasteiger partial charge is 0.487 e. The molecule has 1 aromatic heterocycles. The monoisotopic (exact) mass is 523 g/mol. The molecule has 8 heteroatoms. The molecule has 0 aliphatic rings. The van der Waals surface area contributed by atoms with E-state index in [1.807, 2.05) is 0 Å². The van der Waals surface area contributed by atoms with E-state index in [2.05, 4.69) is 39.1 Å². The van der Waals surface area contributed by atoms with Gasteiger partial charge in [0.15, 0.2) is 0 Å². The highest BCUT2D eigenvalue weighted by atomic mass is 79.9. The van der Waals surface area contributed by atoms with Crippen LogP contribution >= 0.6 is 15.9 Å². The molecule has 0 saturated carbocycles. The van der Waals surface area contributed by atoms with Crippen molar-refractivity contribution in [1.82, 2.24) is 4.57 Å². The van der Waals surface area contributed by atoms with Crippen molar-refractivity contribution < 1.29 is 23.0 Å². The highest BCUT2D eigenvalue weighted by Crippen LogP contribution is 2.24. The SMILES string of the molecule is C=CC#CC.COC.Cc1cc(OCc2ccc(F)cc2F)c(Br)c(=O)n1CC/C=C/C=O. The van der Waals surface area contributed by atoms with E-state index in [-0.39, 0.29) is 28.0 Å². The number of carbonyl (C=O) groups excluding carboxylic acids is 1. The van der Waals surface area contributed by atoms with E-state index in [1.165, 1.54) is 12.1 Å². The van der Waals surface area contributed by atoms with E-state index in [0.29, 0.717) is 24.9 Å². The molecule has 5 nitrogen and oxygen atoms in total. The predicted octanol–water partition coefficient (Wildman–Crippen LogP) is 5.38. The van der Waals surface area contributed by atoms with Crippen molar-refractivity contribution in [2.24, 2.45) is 0 Å². The first-order valence-corrected chi connectivity index (χ1v) is 10.6. The molecule has 0 aliphatic carbocycles. The second kappa shape index (κ2) is 17.5. The van der Waals surface area contributed by atoms with Crippen LogP contribution in [-0.2, 0) is 22.7 Å². The van der Waals surface area contributed by atoms with Gasteiger partial charge in [0.25, 0.3) is 5.56 Å². The van der Waals surface area contributed by atoms with E-state index in [1.54, 1.807) is 50.9 Å². The molecule has 0 radical (unpaired) electrons. The lowest BCUT2D eigenvalue weighted by molar-refractivity contribution is -0.104. The number of halogens is 3. The van der Waals surface area contributed by atoms with E-state index < -0.39 is 11.6 Å². The van der Waals surface area contributed by atoms with Crippen molar-refractivity contribution >= 4 is 22.2 Å². The van der Waals surface area contributed by atoms with Gasteiger partial charge in [0, 0.05) is 44.2 Å². The maximum atomic E-state index is 13.6. The average molecular weight is 524 g/mol. The Bertz CT molecular complexity index is 1050. The molecule has 0 N–H and O–H groups in total. The number of hydrogen-bond acceptors (Lipinski definition) is 4. The molecule has 0 fully saturated rings. The minimum absolute atomic E-state index is 0.129. The topological polar surface area (TPSA) is 57.5 Å². The molecule has 0 amide bonds. The van der Waals surface area contributed by atoms with E-state index in [0.717, 1.165) is 12.1 Å². The highest BCUT2D eigenvalue weighted by molar-refractivity contribution is 9.10. The second-order valence-electron chi connectivity index (χ2n) is 6.30. The summed E-state index contributed by atoms with van der Waals surface area (Å²) in [6, 6.07) is 4.89. The summed E-state index contributed by atoms with van der Waals surface area (Å²) in [5, 5.41) is 0. The van der Waals surface area contributed by atoms with Gasteiger partial charge in [-0.25, -0.2) is 8.78 Å². The molecule has 2 aromatic rings. The third-order valence-corrected chi connectivity index (χ3v) is 4.52. The normalized spacial score (nSPS) is 9.55. The fourth-order valence-electron chi connectivity index (χ4n) is 2.35. The average Bonchev–Trinajstić information content (AvgIpc) is 2.77. The molecule has 0 saturated heterocycles. The van der Waals surface area contributed by atoms with Crippen LogP contribution in [0.5, 0.6) is 5.75 Å². The van der Waals surface area contributed by atoms with Crippen LogP contribution in [0.4, 0.5) is 8.78 Å². The Morgan fingerprint density at radius 1 is 1.24 bits per heavy atom. The molecular formula is C25H28BrF2NO4. The number of benzene rings is 1. The van der Waals surface area contributed by atoms with Gasteiger partial charge in [-0.3, -0.25) is 9.59 Å². The van der Waals surface area contributed by atoms with Crippen LogP contribution < -0.4 is 10.3 Å². The molecule has 1 aromatic carbocycles. The Labute approximate surface area is 201 Å². The van der Waals surface area contributed by atoms with E-state index in [4.69, 9.17) is 4.74 Å². The van der Waals surface area contributed by atoms with Crippen molar-refractivity contribution in [1.29, 1.82) is 0 Å². The minimum atomic E-state index is -0.705. The van der Waals surface area contributed by atoms with Gasteiger partial charge in [0.2, 0.25) is 0 Å². The number of aryl methyl sites for hydroxylation is 1. The predicted molar refractivity (Wildman–Crippen MR) is 130 cm³/mol. The van der Waals surface area contributed by atoms with Crippen LogP contribution in [0.1, 0.15) is 24.6 Å². The van der Waals surface area contributed by atoms with Gasteiger partial charge in [-0.1, -0.05) is 18.6 Å². The quantitative estimate of drug-likeness (QED) is 0.277. The third-order valence-electron chi connectivity index (χ3n) is 3.79. The Balaban J connectivity index is 0.00000111. The first-order chi connectivity index (χ1) is 15.8. The summed E-state index contributed by atoms with van der Waals surface area (Å²) >= 11 is 3.21. The number of pyridine rings is 1. The van der Waals surface area contributed by atoms with Crippen molar-refractivity contribution in [2.45, 2.75) is 33.4 Å². The number of aromatic nitrogens is 1. The van der Waals surface area contributed by atoms with Gasteiger partial charge in [0.1, 0.15) is 34.7 Å². The zero-order valence-corrected chi connectivity index (χ0v) is 20.7. The lowest BCUT2D eigenvalue weighted by atomic mass is 10.2. The Morgan fingerprint density at radius 3 is 2.42 bits per heavy atom. The Hall–Kier alpha value is -3.02. The lowest BCUT2D eigenvalue weighted by Gasteiger charge is -2.14. The van der Waals surface area contributed by atoms with Crippen LogP contribution in [-0.4, -0.2) is 25.1 Å². The molecule has 0 aliphatic heterocycles. The summed E-state index contributed by atoms with van der Waals surface area (Å²) in [6.07, 6.45) is 5.84. The summed E-state index contributed by atoms with van der Waals surface area (Å²) in [4.78, 5) is 22.7. The number of methoxy groups -OCH3 is 1. The maximum absolute atomic E-state index is 13.6. The molecule has 0 spiro atoms. The summed E-state index contributed by atoms with van der Waals surface area (Å²) in [6.45, 7) is 7.20. The number of nitrogens with zero attached hydrogens (tertiary/aromatic N) is 1. The second-order valence-corrected chi connectivity index (χ2v) is 7.10. The van der Waals surface area contributed by atoms with Crippen LogP contribution in [0, 0.1) is 30.4 Å². The maximum Gasteiger partial charge on any atom is 0.268 e. The molecule has 2 rings (SSSR count). The summed E-state index contributed by atoms with van der Waals surface area (Å²) < 4.78 is 38.1. The highest BCUT2D eigenvalue weighted by Gasteiger charge is 2.13. The fourth-order valence-corrected chi connectivity index (χ4v) is 2.79. The molecule has 0 bridgehead atoms. The molecule has 178 valence electrons. The first-order valence-electron chi connectivity index (χ1n) is 9.77. The number of hydrogen-bond donors (Lipinski definition) is 0. The summed E-state index contributed by atoms with van der Waals surface area (Å²) in [7, 11) is 3.25. The molecule has 33 heavy (non-hydrogen) atoms. The van der Waals surface area contributed by atoms with Crippen molar-refractivity contribution in [2.75, 3.05) is 14.2 Å². The molecular weight excluding hydrogens is 496 g/mol. The zero-order chi connectivity index (χ0) is 25.2. The van der Waals surface area contributed by atoms with Gasteiger partial charge in [-0.05, 0) is 60.5 Å². The van der Waals surface area contributed by atoms with Crippen molar-refractivity contribution in [3.8, 4) is 17.6 Å². The van der Waals surface area contributed by atoms with Gasteiger partial charge in [-0.15, -0.1) is 5.92 Å². The van der Waals surface area contributed by atoms with Crippen molar-refractivity contribution in [3.63, 3.8) is 0 Å².